The molecule has 0 spiro atoms. The van der Waals surface area contributed by atoms with Gasteiger partial charge in [-0.25, -0.2) is 10.8 Å². The average Bonchev–Trinajstić information content (AvgIpc) is 2.24. The second-order valence-electron chi connectivity index (χ2n) is 7.19. The number of nitrogens with zero attached hydrogens (tertiary/aromatic N) is 2. The SMILES string of the molecule is CC1(C)CC(Nc2cncc(NN)n2)CC(C)(C)C1. The van der Waals surface area contributed by atoms with Gasteiger partial charge in [0.1, 0.15) is 5.82 Å². The molecule has 106 valence electrons. The Morgan fingerprint density at radius 3 is 2.26 bits per heavy atom. The fourth-order valence-corrected chi connectivity index (χ4v) is 3.66. The zero-order valence-corrected chi connectivity index (χ0v) is 12.3. The summed E-state index contributed by atoms with van der Waals surface area (Å²) in [5.74, 6) is 6.73. The van der Waals surface area contributed by atoms with Gasteiger partial charge in [-0.15, -0.1) is 0 Å². The molecule has 1 heterocycles. The molecule has 0 unspecified atom stereocenters. The number of hydrogen-bond donors (Lipinski definition) is 3. The number of rotatable bonds is 3. The fourth-order valence-electron chi connectivity index (χ4n) is 3.66. The van der Waals surface area contributed by atoms with Gasteiger partial charge in [-0.05, 0) is 30.1 Å². The minimum Gasteiger partial charge on any atom is -0.366 e. The predicted octanol–water partition coefficient (Wildman–Crippen LogP) is 2.78. The van der Waals surface area contributed by atoms with Crippen molar-refractivity contribution < 1.29 is 0 Å². The Labute approximate surface area is 115 Å². The van der Waals surface area contributed by atoms with Crippen molar-refractivity contribution in [1.29, 1.82) is 0 Å². The minimum atomic E-state index is 0.358. The Morgan fingerprint density at radius 1 is 1.11 bits per heavy atom. The number of nitrogen functional groups attached to an aromatic ring is 1. The Balaban J connectivity index is 2.09. The van der Waals surface area contributed by atoms with Crippen molar-refractivity contribution in [3.05, 3.63) is 12.4 Å². The van der Waals surface area contributed by atoms with Crippen molar-refractivity contribution in [2.45, 2.75) is 53.0 Å². The highest BCUT2D eigenvalue weighted by atomic mass is 15.3. The van der Waals surface area contributed by atoms with Crippen molar-refractivity contribution >= 4 is 11.6 Å². The normalized spacial score (nSPS) is 21.9. The van der Waals surface area contributed by atoms with Gasteiger partial charge in [-0.2, -0.15) is 0 Å². The van der Waals surface area contributed by atoms with E-state index in [1.807, 2.05) is 0 Å². The minimum absolute atomic E-state index is 0.358. The van der Waals surface area contributed by atoms with E-state index in [2.05, 4.69) is 48.4 Å². The molecule has 1 aromatic rings. The van der Waals surface area contributed by atoms with E-state index in [0.29, 0.717) is 22.7 Å². The highest BCUT2D eigenvalue weighted by Crippen LogP contribution is 2.46. The van der Waals surface area contributed by atoms with E-state index in [9.17, 15) is 0 Å². The summed E-state index contributed by atoms with van der Waals surface area (Å²) in [6, 6.07) is 0.432. The highest BCUT2D eigenvalue weighted by Gasteiger charge is 2.38. The third kappa shape index (κ3) is 3.80. The van der Waals surface area contributed by atoms with Gasteiger partial charge in [-0.3, -0.25) is 4.98 Å². The molecular formula is C14H25N5. The third-order valence-corrected chi connectivity index (χ3v) is 3.69. The molecule has 0 amide bonds. The molecule has 0 atom stereocenters. The number of nitrogens with two attached hydrogens (primary N) is 1. The second-order valence-corrected chi connectivity index (χ2v) is 7.19. The quantitative estimate of drug-likeness (QED) is 0.577. The van der Waals surface area contributed by atoms with E-state index in [4.69, 9.17) is 5.84 Å². The molecule has 0 radical (unpaired) electrons. The maximum atomic E-state index is 5.36. The first-order chi connectivity index (χ1) is 8.80. The zero-order chi connectivity index (χ0) is 14.1. The summed E-state index contributed by atoms with van der Waals surface area (Å²) < 4.78 is 0. The van der Waals surface area contributed by atoms with Crippen LogP contribution in [0.3, 0.4) is 0 Å². The second kappa shape index (κ2) is 4.96. The maximum Gasteiger partial charge on any atom is 0.160 e. The molecule has 1 aromatic heterocycles. The summed E-state index contributed by atoms with van der Waals surface area (Å²) in [5.41, 5.74) is 3.24. The molecule has 0 aromatic carbocycles. The summed E-state index contributed by atoms with van der Waals surface area (Å²) >= 11 is 0. The summed E-state index contributed by atoms with van der Waals surface area (Å²) in [5, 5.41) is 3.50. The fraction of sp³-hybridized carbons (Fsp3) is 0.714. The lowest BCUT2D eigenvalue weighted by Crippen LogP contribution is -2.40. The van der Waals surface area contributed by atoms with Crippen LogP contribution >= 0.6 is 0 Å². The van der Waals surface area contributed by atoms with E-state index in [-0.39, 0.29) is 0 Å². The molecule has 0 bridgehead atoms. The standard InChI is InChI=1S/C14H25N5/c1-13(2)5-10(6-14(3,4)9-13)17-11-7-16-8-12(18-11)19-15/h7-8,10H,5-6,9,15H2,1-4H3,(H2,17,18,19). The number of hydrogen-bond acceptors (Lipinski definition) is 5. The van der Waals surface area contributed by atoms with Gasteiger partial charge >= 0.3 is 0 Å². The molecule has 0 saturated heterocycles. The van der Waals surface area contributed by atoms with E-state index in [1.165, 1.54) is 6.42 Å². The molecule has 1 saturated carbocycles. The van der Waals surface area contributed by atoms with Crippen molar-refractivity contribution in [3.8, 4) is 0 Å². The molecular weight excluding hydrogens is 238 g/mol. The van der Waals surface area contributed by atoms with Crippen LogP contribution in [0.2, 0.25) is 0 Å². The van der Waals surface area contributed by atoms with Crippen LogP contribution in [-0.4, -0.2) is 16.0 Å². The van der Waals surface area contributed by atoms with Crippen LogP contribution in [0.15, 0.2) is 12.4 Å². The summed E-state index contributed by atoms with van der Waals surface area (Å²) in [6.45, 7) is 9.36. The first-order valence-electron chi connectivity index (χ1n) is 6.85. The van der Waals surface area contributed by atoms with Crippen molar-refractivity contribution in [2.75, 3.05) is 10.7 Å². The molecule has 5 heteroatoms. The van der Waals surface area contributed by atoms with Crippen LogP contribution in [0, 0.1) is 10.8 Å². The zero-order valence-electron chi connectivity index (χ0n) is 12.3. The lowest BCUT2D eigenvalue weighted by atomic mass is 9.63. The molecule has 5 nitrogen and oxygen atoms in total. The van der Waals surface area contributed by atoms with E-state index in [0.717, 1.165) is 18.7 Å². The average molecular weight is 263 g/mol. The lowest BCUT2D eigenvalue weighted by molar-refractivity contribution is 0.105. The first kappa shape index (κ1) is 14.1. The van der Waals surface area contributed by atoms with Crippen LogP contribution in [0.25, 0.3) is 0 Å². The van der Waals surface area contributed by atoms with Gasteiger partial charge < -0.3 is 10.7 Å². The number of hydrazine groups is 1. The summed E-state index contributed by atoms with van der Waals surface area (Å²) in [6.07, 6.45) is 6.92. The molecule has 1 aliphatic rings. The number of nitrogens with one attached hydrogen (secondary N) is 2. The van der Waals surface area contributed by atoms with Crippen LogP contribution in [0.4, 0.5) is 11.6 Å². The molecule has 2 rings (SSSR count). The van der Waals surface area contributed by atoms with Gasteiger partial charge in [0.25, 0.3) is 0 Å². The maximum absolute atomic E-state index is 5.36. The lowest BCUT2D eigenvalue weighted by Gasteiger charge is -2.45. The topological polar surface area (TPSA) is 75.9 Å². The predicted molar refractivity (Wildman–Crippen MR) is 78.7 cm³/mol. The van der Waals surface area contributed by atoms with E-state index >= 15 is 0 Å². The molecule has 0 aliphatic heterocycles. The monoisotopic (exact) mass is 263 g/mol. The molecule has 1 aliphatic carbocycles. The van der Waals surface area contributed by atoms with Gasteiger partial charge in [0, 0.05) is 6.04 Å². The van der Waals surface area contributed by atoms with Crippen molar-refractivity contribution in [1.82, 2.24) is 9.97 Å². The Morgan fingerprint density at radius 2 is 1.68 bits per heavy atom. The van der Waals surface area contributed by atoms with Gasteiger partial charge in [0.2, 0.25) is 0 Å². The third-order valence-electron chi connectivity index (χ3n) is 3.69. The van der Waals surface area contributed by atoms with Crippen molar-refractivity contribution in [3.63, 3.8) is 0 Å². The number of anilines is 2. The van der Waals surface area contributed by atoms with Gasteiger partial charge in [0.15, 0.2) is 5.82 Å². The molecule has 19 heavy (non-hydrogen) atoms. The Kier molecular flexibility index (Phi) is 3.67. The Bertz CT molecular complexity index is 425. The van der Waals surface area contributed by atoms with Crippen LogP contribution < -0.4 is 16.6 Å². The van der Waals surface area contributed by atoms with Crippen LogP contribution in [0.5, 0.6) is 0 Å². The summed E-state index contributed by atoms with van der Waals surface area (Å²) in [4.78, 5) is 8.50. The van der Waals surface area contributed by atoms with Crippen LogP contribution in [-0.2, 0) is 0 Å². The molecule has 4 N–H and O–H groups in total. The summed E-state index contributed by atoms with van der Waals surface area (Å²) in [7, 11) is 0. The van der Waals surface area contributed by atoms with Crippen LogP contribution in [0.1, 0.15) is 47.0 Å². The van der Waals surface area contributed by atoms with E-state index in [1.54, 1.807) is 12.4 Å². The highest BCUT2D eigenvalue weighted by molar-refractivity contribution is 5.41. The molecule has 1 fully saturated rings. The number of aromatic nitrogens is 2. The largest absolute Gasteiger partial charge is 0.366 e. The van der Waals surface area contributed by atoms with Gasteiger partial charge in [0.05, 0.1) is 12.4 Å². The van der Waals surface area contributed by atoms with Crippen molar-refractivity contribution in [2.24, 2.45) is 16.7 Å². The Hall–Kier alpha value is -1.36. The smallest absolute Gasteiger partial charge is 0.160 e. The van der Waals surface area contributed by atoms with Gasteiger partial charge in [-0.1, -0.05) is 27.7 Å². The first-order valence-corrected chi connectivity index (χ1v) is 6.85. The van der Waals surface area contributed by atoms with E-state index < -0.39 is 0 Å².